The van der Waals surface area contributed by atoms with Crippen molar-refractivity contribution in [2.45, 2.75) is 20.3 Å². The molecule has 0 amide bonds. The topological polar surface area (TPSA) is 57.7 Å². The molecule has 16 heavy (non-hydrogen) atoms. The molecule has 5 nitrogen and oxygen atoms in total. The number of hydrogen-bond acceptors (Lipinski definition) is 4. The molecule has 0 saturated carbocycles. The monoisotopic (exact) mass is 283 g/mol. The van der Waals surface area contributed by atoms with Gasteiger partial charge in [0.05, 0.1) is 5.39 Å². The molecule has 6 heteroatoms. The fourth-order valence-corrected chi connectivity index (χ4v) is 2.17. The highest BCUT2D eigenvalue weighted by atomic mass is 79.9. The molecule has 0 aliphatic heterocycles. The van der Waals surface area contributed by atoms with Crippen LogP contribution >= 0.6 is 15.9 Å². The Balaban J connectivity index is 2.53. The van der Waals surface area contributed by atoms with E-state index in [1.165, 1.54) is 0 Å². The maximum absolute atomic E-state index is 4.35. The van der Waals surface area contributed by atoms with E-state index in [1.54, 1.807) is 6.33 Å². The second-order valence-electron chi connectivity index (χ2n) is 3.51. The molecule has 0 unspecified atom stereocenters. The molecule has 0 atom stereocenters. The van der Waals surface area contributed by atoms with E-state index in [0.29, 0.717) is 5.65 Å². The number of halogens is 1. The third-order valence-electron chi connectivity index (χ3n) is 2.46. The van der Waals surface area contributed by atoms with Crippen LogP contribution in [0.1, 0.15) is 20.3 Å². The molecule has 0 spiro atoms. The molecule has 0 aliphatic rings. The number of fused-ring (bicyclic) bond motifs is 1. The number of rotatable bonds is 4. The first-order valence-corrected chi connectivity index (χ1v) is 6.16. The highest BCUT2D eigenvalue weighted by Crippen LogP contribution is 2.27. The minimum atomic E-state index is 0.700. The molecule has 86 valence electrons. The predicted octanol–water partition coefficient (Wildman–Crippen LogP) is 2.35. The summed E-state index contributed by atoms with van der Waals surface area (Å²) in [4.78, 5) is 10.7. The van der Waals surface area contributed by atoms with Gasteiger partial charge in [0, 0.05) is 13.1 Å². The maximum Gasteiger partial charge on any atom is 0.187 e. The van der Waals surface area contributed by atoms with Crippen molar-refractivity contribution in [2.75, 3.05) is 18.0 Å². The van der Waals surface area contributed by atoms with Crippen LogP contribution in [0.4, 0.5) is 5.82 Å². The Bertz CT molecular complexity index is 481. The zero-order chi connectivity index (χ0) is 11.5. The SMILES string of the molecule is CCCN(CC)c1ncnc2n[nH]c(Br)c12. The van der Waals surface area contributed by atoms with Gasteiger partial charge in [-0.3, -0.25) is 5.10 Å². The van der Waals surface area contributed by atoms with Gasteiger partial charge in [-0.2, -0.15) is 5.10 Å². The summed E-state index contributed by atoms with van der Waals surface area (Å²) in [7, 11) is 0. The number of H-pyrrole nitrogens is 1. The van der Waals surface area contributed by atoms with Gasteiger partial charge >= 0.3 is 0 Å². The lowest BCUT2D eigenvalue weighted by Gasteiger charge is -2.21. The van der Waals surface area contributed by atoms with Gasteiger partial charge in [-0.05, 0) is 29.3 Å². The van der Waals surface area contributed by atoms with Gasteiger partial charge in [0.2, 0.25) is 0 Å². The Morgan fingerprint density at radius 2 is 2.19 bits per heavy atom. The van der Waals surface area contributed by atoms with Crippen molar-refractivity contribution in [3.8, 4) is 0 Å². The van der Waals surface area contributed by atoms with Crippen molar-refractivity contribution in [3.05, 3.63) is 10.9 Å². The number of nitrogens with zero attached hydrogens (tertiary/aromatic N) is 4. The third-order valence-corrected chi connectivity index (χ3v) is 3.04. The molecule has 0 fully saturated rings. The standard InChI is InChI=1S/C10H14BrN5/c1-3-5-16(4-2)10-7-8(11)14-15-9(7)12-6-13-10/h6H,3-5H2,1-2H3,(H,12,13,14,15). The molecule has 0 bridgehead atoms. The third kappa shape index (κ3) is 1.89. The Morgan fingerprint density at radius 3 is 2.88 bits per heavy atom. The van der Waals surface area contributed by atoms with E-state index in [9.17, 15) is 0 Å². The van der Waals surface area contributed by atoms with Crippen LogP contribution in [0.3, 0.4) is 0 Å². The molecule has 2 rings (SSSR count). The normalized spacial score (nSPS) is 10.9. The van der Waals surface area contributed by atoms with Gasteiger partial charge in [-0.15, -0.1) is 0 Å². The van der Waals surface area contributed by atoms with Gasteiger partial charge in [-0.25, -0.2) is 9.97 Å². The highest BCUT2D eigenvalue weighted by molar-refractivity contribution is 9.10. The van der Waals surface area contributed by atoms with Crippen molar-refractivity contribution < 1.29 is 0 Å². The number of hydrogen-bond donors (Lipinski definition) is 1. The van der Waals surface area contributed by atoms with E-state index in [0.717, 1.165) is 35.3 Å². The quantitative estimate of drug-likeness (QED) is 0.936. The van der Waals surface area contributed by atoms with Crippen molar-refractivity contribution >= 4 is 32.8 Å². The average molecular weight is 284 g/mol. The summed E-state index contributed by atoms with van der Waals surface area (Å²) in [5.41, 5.74) is 0.700. The lowest BCUT2D eigenvalue weighted by molar-refractivity contribution is 0.781. The fourth-order valence-electron chi connectivity index (χ4n) is 1.73. The molecule has 2 heterocycles. The van der Waals surface area contributed by atoms with Gasteiger partial charge in [0.15, 0.2) is 5.65 Å². The van der Waals surface area contributed by atoms with Crippen molar-refractivity contribution in [1.29, 1.82) is 0 Å². The van der Waals surface area contributed by atoms with Crippen LogP contribution in [0.15, 0.2) is 10.9 Å². The van der Waals surface area contributed by atoms with Crippen molar-refractivity contribution in [1.82, 2.24) is 20.2 Å². The van der Waals surface area contributed by atoms with E-state index >= 15 is 0 Å². The Morgan fingerprint density at radius 1 is 1.38 bits per heavy atom. The first-order valence-electron chi connectivity index (χ1n) is 5.37. The van der Waals surface area contributed by atoms with Crippen LogP contribution < -0.4 is 4.90 Å². The summed E-state index contributed by atoms with van der Waals surface area (Å²) in [6.07, 6.45) is 2.65. The van der Waals surface area contributed by atoms with E-state index in [1.807, 2.05) is 0 Å². The van der Waals surface area contributed by atoms with Gasteiger partial charge < -0.3 is 4.90 Å². The average Bonchev–Trinajstić information content (AvgIpc) is 2.68. The minimum absolute atomic E-state index is 0.700. The first-order chi connectivity index (χ1) is 7.77. The van der Waals surface area contributed by atoms with Crippen molar-refractivity contribution in [2.24, 2.45) is 0 Å². The molecule has 0 saturated heterocycles. The summed E-state index contributed by atoms with van der Waals surface area (Å²) < 4.78 is 0.840. The smallest absolute Gasteiger partial charge is 0.187 e. The first kappa shape index (κ1) is 11.3. The van der Waals surface area contributed by atoms with E-state index < -0.39 is 0 Å². The Hall–Kier alpha value is -1.17. The number of nitrogens with one attached hydrogen (secondary N) is 1. The number of aromatic nitrogens is 4. The second-order valence-corrected chi connectivity index (χ2v) is 4.31. The van der Waals surface area contributed by atoms with Gasteiger partial charge in [0.1, 0.15) is 16.7 Å². The molecular weight excluding hydrogens is 270 g/mol. The molecule has 2 aromatic rings. The Labute approximate surface area is 102 Å². The lowest BCUT2D eigenvalue weighted by atomic mass is 10.3. The van der Waals surface area contributed by atoms with Crippen LogP contribution in [0.25, 0.3) is 11.0 Å². The Kier molecular flexibility index (Phi) is 3.38. The fraction of sp³-hybridized carbons (Fsp3) is 0.500. The zero-order valence-electron chi connectivity index (χ0n) is 9.37. The summed E-state index contributed by atoms with van der Waals surface area (Å²) in [5.74, 6) is 0.940. The molecule has 1 N–H and O–H groups in total. The van der Waals surface area contributed by atoms with Crippen molar-refractivity contribution in [3.63, 3.8) is 0 Å². The van der Waals surface area contributed by atoms with Gasteiger partial charge in [0.25, 0.3) is 0 Å². The van der Waals surface area contributed by atoms with E-state index in [-0.39, 0.29) is 0 Å². The summed E-state index contributed by atoms with van der Waals surface area (Å²) >= 11 is 3.44. The second kappa shape index (κ2) is 4.78. The minimum Gasteiger partial charge on any atom is -0.356 e. The lowest BCUT2D eigenvalue weighted by Crippen LogP contribution is -2.24. The molecule has 0 aromatic carbocycles. The summed E-state index contributed by atoms with van der Waals surface area (Å²) in [6.45, 7) is 6.20. The molecule has 0 radical (unpaired) electrons. The van der Waals surface area contributed by atoms with Crippen LogP contribution in [0.5, 0.6) is 0 Å². The van der Waals surface area contributed by atoms with Crippen LogP contribution in [0.2, 0.25) is 0 Å². The van der Waals surface area contributed by atoms with Crippen LogP contribution in [-0.2, 0) is 0 Å². The summed E-state index contributed by atoms with van der Waals surface area (Å²) in [5, 5.41) is 7.94. The molecule has 2 aromatic heterocycles. The van der Waals surface area contributed by atoms with E-state index in [2.05, 4.69) is 54.8 Å². The number of anilines is 1. The van der Waals surface area contributed by atoms with Crippen LogP contribution in [0, 0.1) is 0 Å². The summed E-state index contributed by atoms with van der Waals surface area (Å²) in [6, 6.07) is 0. The predicted molar refractivity (Wildman–Crippen MR) is 67.6 cm³/mol. The highest BCUT2D eigenvalue weighted by Gasteiger charge is 2.14. The maximum atomic E-state index is 4.35. The molecule has 0 aliphatic carbocycles. The van der Waals surface area contributed by atoms with E-state index in [4.69, 9.17) is 0 Å². The zero-order valence-corrected chi connectivity index (χ0v) is 11.0. The van der Waals surface area contributed by atoms with Crippen LogP contribution in [-0.4, -0.2) is 33.3 Å². The largest absolute Gasteiger partial charge is 0.356 e. The number of aromatic amines is 1. The van der Waals surface area contributed by atoms with Gasteiger partial charge in [-0.1, -0.05) is 6.92 Å². The molecular formula is C10H14BrN5.